The average molecular weight is 460 g/mol. The molecule has 2 aromatic heterocycles. The minimum atomic E-state index is 0. The molecule has 0 aromatic carbocycles. The summed E-state index contributed by atoms with van der Waals surface area (Å²) in [5.74, 6) is 2.91. The van der Waals surface area contributed by atoms with E-state index in [0.29, 0.717) is 19.0 Å². The summed E-state index contributed by atoms with van der Waals surface area (Å²) < 4.78 is 1.95. The molecule has 2 aromatic rings. The molecule has 8 heteroatoms. The van der Waals surface area contributed by atoms with Crippen LogP contribution in [-0.4, -0.2) is 33.8 Å². The normalized spacial score (nSPS) is 12.4. The second-order valence-corrected chi connectivity index (χ2v) is 6.18. The molecule has 0 radical (unpaired) electrons. The van der Waals surface area contributed by atoms with Crippen molar-refractivity contribution in [3.05, 3.63) is 46.7 Å². The van der Waals surface area contributed by atoms with Gasteiger partial charge in [0.15, 0.2) is 11.8 Å². The highest BCUT2D eigenvalue weighted by Crippen LogP contribution is 2.16. The van der Waals surface area contributed by atoms with Gasteiger partial charge in [0.05, 0.1) is 0 Å². The Bertz CT molecular complexity index is 650. The van der Waals surface area contributed by atoms with Gasteiger partial charge in [-0.25, -0.2) is 4.99 Å². The summed E-state index contributed by atoms with van der Waals surface area (Å²) in [7, 11) is 1.95. The van der Waals surface area contributed by atoms with E-state index in [9.17, 15) is 0 Å². The summed E-state index contributed by atoms with van der Waals surface area (Å²) in [5.41, 5.74) is 1.34. The highest BCUT2D eigenvalue weighted by atomic mass is 127. The Hall–Kier alpha value is -1.42. The van der Waals surface area contributed by atoms with Crippen LogP contribution in [-0.2, 0) is 13.6 Å². The van der Waals surface area contributed by atoms with Gasteiger partial charge < -0.3 is 15.2 Å². The van der Waals surface area contributed by atoms with Crippen LogP contribution >= 0.6 is 35.3 Å². The van der Waals surface area contributed by atoms with E-state index in [1.165, 1.54) is 5.56 Å². The molecule has 0 aliphatic rings. The van der Waals surface area contributed by atoms with E-state index in [1.54, 1.807) is 11.3 Å². The summed E-state index contributed by atoms with van der Waals surface area (Å²) in [4.78, 5) is 4.58. The van der Waals surface area contributed by atoms with Crippen molar-refractivity contribution < 1.29 is 0 Å². The topological polar surface area (TPSA) is 67.1 Å². The number of aryl methyl sites for hydroxylation is 1. The largest absolute Gasteiger partial charge is 0.356 e. The first-order chi connectivity index (χ1) is 11.1. The third kappa shape index (κ3) is 5.90. The molecule has 0 aliphatic carbocycles. The minimum absolute atomic E-state index is 0. The third-order valence-electron chi connectivity index (χ3n) is 3.66. The number of hydrogen-bond acceptors (Lipinski definition) is 4. The Labute approximate surface area is 164 Å². The highest BCUT2D eigenvalue weighted by molar-refractivity contribution is 14.0. The van der Waals surface area contributed by atoms with Crippen LogP contribution < -0.4 is 10.6 Å². The van der Waals surface area contributed by atoms with Gasteiger partial charge in [-0.1, -0.05) is 13.0 Å². The van der Waals surface area contributed by atoms with E-state index in [4.69, 9.17) is 0 Å². The molecule has 6 nitrogen and oxygen atoms in total. The van der Waals surface area contributed by atoms with Crippen molar-refractivity contribution in [1.82, 2.24) is 25.4 Å². The van der Waals surface area contributed by atoms with E-state index >= 15 is 0 Å². The van der Waals surface area contributed by atoms with Crippen molar-refractivity contribution in [1.29, 1.82) is 0 Å². The molecule has 0 spiro atoms. The summed E-state index contributed by atoms with van der Waals surface area (Å²) in [5, 5.41) is 19.1. The molecule has 1 unspecified atom stereocenters. The van der Waals surface area contributed by atoms with Crippen LogP contribution in [0.1, 0.15) is 30.1 Å². The average Bonchev–Trinajstić information content (AvgIpc) is 3.19. The number of guanidine groups is 1. The lowest BCUT2D eigenvalue weighted by atomic mass is 10.1. The fourth-order valence-corrected chi connectivity index (χ4v) is 2.79. The smallest absolute Gasteiger partial charge is 0.191 e. The van der Waals surface area contributed by atoms with Crippen LogP contribution in [0.15, 0.2) is 34.5 Å². The van der Waals surface area contributed by atoms with Gasteiger partial charge in [-0.05, 0) is 35.2 Å². The molecule has 0 fully saturated rings. The van der Waals surface area contributed by atoms with Gasteiger partial charge >= 0.3 is 0 Å². The number of halogens is 1. The van der Waals surface area contributed by atoms with E-state index in [2.05, 4.69) is 56.2 Å². The Morgan fingerprint density at radius 3 is 2.83 bits per heavy atom. The van der Waals surface area contributed by atoms with Crippen molar-refractivity contribution in [3.63, 3.8) is 0 Å². The molecule has 24 heavy (non-hydrogen) atoms. The highest BCUT2D eigenvalue weighted by Gasteiger charge is 2.08. The zero-order chi connectivity index (χ0) is 16.7. The van der Waals surface area contributed by atoms with Crippen LogP contribution in [0, 0.1) is 6.92 Å². The van der Waals surface area contributed by atoms with Crippen LogP contribution in [0.4, 0.5) is 0 Å². The van der Waals surface area contributed by atoms with E-state index in [1.807, 2.05) is 24.6 Å². The Balaban J connectivity index is 0.00000288. The molecule has 0 saturated carbocycles. The molecule has 132 valence electrons. The van der Waals surface area contributed by atoms with Gasteiger partial charge in [0.1, 0.15) is 12.4 Å². The second-order valence-electron chi connectivity index (χ2n) is 5.40. The standard InChI is InChI=1S/C16H24N6S.HI/c1-5-7-17-16(18-9-12(2)14-6-8-23-11-14)19-10-15-21-20-13(3)22(15)4;/h5-6,8,11-12H,1,7,9-10H2,2-4H3,(H2,17,18,19);1H. The van der Waals surface area contributed by atoms with Crippen LogP contribution in [0.3, 0.4) is 0 Å². The van der Waals surface area contributed by atoms with Crippen molar-refractivity contribution >= 4 is 41.3 Å². The van der Waals surface area contributed by atoms with E-state index < -0.39 is 0 Å². The van der Waals surface area contributed by atoms with Gasteiger partial charge in [-0.2, -0.15) is 11.3 Å². The third-order valence-corrected chi connectivity index (χ3v) is 4.36. The number of aliphatic imine (C=N–C) groups is 1. The molecule has 0 aliphatic heterocycles. The quantitative estimate of drug-likeness (QED) is 0.289. The van der Waals surface area contributed by atoms with Gasteiger partial charge in [0, 0.05) is 20.1 Å². The molecule has 0 bridgehead atoms. The van der Waals surface area contributed by atoms with Gasteiger partial charge in [-0.3, -0.25) is 0 Å². The van der Waals surface area contributed by atoms with Crippen LogP contribution in [0.25, 0.3) is 0 Å². The van der Waals surface area contributed by atoms with Gasteiger partial charge in [0.2, 0.25) is 0 Å². The van der Waals surface area contributed by atoms with Gasteiger partial charge in [-0.15, -0.1) is 40.8 Å². The monoisotopic (exact) mass is 460 g/mol. The Morgan fingerprint density at radius 2 is 2.25 bits per heavy atom. The Kier molecular flexibility index (Phi) is 8.98. The molecule has 0 amide bonds. The molecule has 1 atom stereocenters. The van der Waals surface area contributed by atoms with Crippen molar-refractivity contribution in [2.45, 2.75) is 26.3 Å². The number of thiophene rings is 1. The van der Waals surface area contributed by atoms with Crippen molar-refractivity contribution in [2.24, 2.45) is 12.0 Å². The fraction of sp³-hybridized carbons (Fsp3) is 0.438. The van der Waals surface area contributed by atoms with Crippen LogP contribution in [0.2, 0.25) is 0 Å². The van der Waals surface area contributed by atoms with Crippen LogP contribution in [0.5, 0.6) is 0 Å². The summed E-state index contributed by atoms with van der Waals surface area (Å²) in [6, 6.07) is 2.16. The van der Waals surface area contributed by atoms with Crippen molar-refractivity contribution in [2.75, 3.05) is 13.1 Å². The second kappa shape index (κ2) is 10.4. The maximum Gasteiger partial charge on any atom is 0.191 e. The van der Waals surface area contributed by atoms with Crippen molar-refractivity contribution in [3.8, 4) is 0 Å². The first-order valence-electron chi connectivity index (χ1n) is 7.61. The summed E-state index contributed by atoms with van der Waals surface area (Å²) in [6.45, 7) is 9.83. The summed E-state index contributed by atoms with van der Waals surface area (Å²) >= 11 is 1.72. The number of nitrogens with zero attached hydrogens (tertiary/aromatic N) is 4. The SMILES string of the molecule is C=CCNC(=NCc1nnc(C)n1C)NCC(C)c1ccsc1.I. The molecule has 2 heterocycles. The minimum Gasteiger partial charge on any atom is -0.356 e. The number of aromatic nitrogens is 3. The van der Waals surface area contributed by atoms with E-state index in [-0.39, 0.29) is 24.0 Å². The molecule has 2 N–H and O–H groups in total. The predicted molar refractivity (Wildman–Crippen MR) is 111 cm³/mol. The molecule has 0 saturated heterocycles. The van der Waals surface area contributed by atoms with Gasteiger partial charge in [0.25, 0.3) is 0 Å². The zero-order valence-electron chi connectivity index (χ0n) is 14.3. The Morgan fingerprint density at radius 1 is 1.46 bits per heavy atom. The summed E-state index contributed by atoms with van der Waals surface area (Å²) in [6.07, 6.45) is 1.81. The molecule has 2 rings (SSSR count). The zero-order valence-corrected chi connectivity index (χ0v) is 17.5. The maximum atomic E-state index is 4.58. The lowest BCUT2D eigenvalue weighted by Crippen LogP contribution is -2.39. The first kappa shape index (κ1) is 20.6. The lowest BCUT2D eigenvalue weighted by molar-refractivity contribution is 0.699. The number of rotatable bonds is 7. The fourth-order valence-electron chi connectivity index (χ4n) is 2.00. The maximum absolute atomic E-state index is 4.58. The van der Waals surface area contributed by atoms with E-state index in [0.717, 1.165) is 24.2 Å². The number of hydrogen-bond donors (Lipinski definition) is 2. The first-order valence-corrected chi connectivity index (χ1v) is 8.56. The molecular weight excluding hydrogens is 435 g/mol. The molecular formula is C16H25IN6S. The predicted octanol–water partition coefficient (Wildman–Crippen LogP) is 2.83. The number of nitrogens with one attached hydrogen (secondary N) is 2. The lowest BCUT2D eigenvalue weighted by Gasteiger charge is -2.15.